The zero-order chi connectivity index (χ0) is 18.0. The number of nitrogens with zero attached hydrogens (tertiary/aromatic N) is 1. The molecule has 1 aromatic heterocycles. The van der Waals surface area contributed by atoms with Gasteiger partial charge in [0.15, 0.2) is 0 Å². The predicted molar refractivity (Wildman–Crippen MR) is 96.7 cm³/mol. The molecule has 1 amide bonds. The second-order valence-electron chi connectivity index (χ2n) is 6.80. The van der Waals surface area contributed by atoms with Gasteiger partial charge in [0, 0.05) is 36.9 Å². The Balaban J connectivity index is 1.52. The molecule has 1 aliphatic rings. The molecule has 2 aromatic rings. The van der Waals surface area contributed by atoms with Crippen molar-refractivity contribution in [3.8, 4) is 0 Å². The second kappa shape index (κ2) is 7.17. The zero-order valence-corrected chi connectivity index (χ0v) is 15.4. The molecule has 1 N–H and O–H groups in total. The number of nitrogens with one attached hydrogen (secondary N) is 1. The van der Waals surface area contributed by atoms with E-state index >= 15 is 0 Å². The Kier molecular flexibility index (Phi) is 5.15. The van der Waals surface area contributed by atoms with Gasteiger partial charge >= 0.3 is 0 Å². The number of benzene rings is 1. The minimum atomic E-state index is -3.16. The van der Waals surface area contributed by atoms with E-state index in [-0.39, 0.29) is 17.9 Å². The molecule has 0 spiro atoms. The van der Waals surface area contributed by atoms with Crippen molar-refractivity contribution >= 4 is 26.9 Å². The summed E-state index contributed by atoms with van der Waals surface area (Å²) in [5, 5.41) is 4.09. The lowest BCUT2D eigenvalue weighted by atomic mass is 9.96. The summed E-state index contributed by atoms with van der Waals surface area (Å²) < 4.78 is 30.3. The second-order valence-corrected chi connectivity index (χ2v) is 8.78. The molecule has 136 valence electrons. The van der Waals surface area contributed by atoms with Crippen LogP contribution in [-0.2, 0) is 21.2 Å². The number of amides is 1. The SMILES string of the molecule is C[C@H](Cc1cc2ccccc2o1)NC(=O)C1CCN(S(C)(=O)=O)CC1. The van der Waals surface area contributed by atoms with Gasteiger partial charge in [0.1, 0.15) is 11.3 Å². The van der Waals surface area contributed by atoms with Crippen LogP contribution in [0.5, 0.6) is 0 Å². The Morgan fingerprint density at radius 3 is 2.64 bits per heavy atom. The van der Waals surface area contributed by atoms with E-state index < -0.39 is 10.0 Å². The first-order valence-corrected chi connectivity index (χ1v) is 10.4. The summed E-state index contributed by atoms with van der Waals surface area (Å²) in [5.41, 5.74) is 0.851. The Bertz CT molecular complexity index is 818. The fourth-order valence-electron chi connectivity index (χ4n) is 3.30. The zero-order valence-electron chi connectivity index (χ0n) is 14.6. The van der Waals surface area contributed by atoms with Crippen molar-refractivity contribution < 1.29 is 17.6 Å². The van der Waals surface area contributed by atoms with Gasteiger partial charge in [-0.15, -0.1) is 0 Å². The molecular weight excluding hydrogens is 340 g/mol. The van der Waals surface area contributed by atoms with Crippen LogP contribution in [-0.4, -0.2) is 44.0 Å². The smallest absolute Gasteiger partial charge is 0.223 e. The van der Waals surface area contributed by atoms with Crippen LogP contribution in [0.15, 0.2) is 34.7 Å². The van der Waals surface area contributed by atoms with Crippen LogP contribution >= 0.6 is 0 Å². The molecular formula is C18H24N2O4S. The molecule has 6 nitrogen and oxygen atoms in total. The highest BCUT2D eigenvalue weighted by atomic mass is 32.2. The topological polar surface area (TPSA) is 79.6 Å². The van der Waals surface area contributed by atoms with Gasteiger partial charge in [-0.3, -0.25) is 4.79 Å². The van der Waals surface area contributed by atoms with Crippen LogP contribution in [0.2, 0.25) is 0 Å². The lowest BCUT2D eigenvalue weighted by molar-refractivity contribution is -0.126. The van der Waals surface area contributed by atoms with Crippen LogP contribution in [0.3, 0.4) is 0 Å². The van der Waals surface area contributed by atoms with Gasteiger partial charge in [-0.1, -0.05) is 18.2 Å². The van der Waals surface area contributed by atoms with Crippen LogP contribution < -0.4 is 5.32 Å². The number of sulfonamides is 1. The number of hydrogen-bond donors (Lipinski definition) is 1. The quantitative estimate of drug-likeness (QED) is 0.882. The molecule has 1 saturated heterocycles. The van der Waals surface area contributed by atoms with Gasteiger partial charge in [0.25, 0.3) is 0 Å². The van der Waals surface area contributed by atoms with Crippen molar-refractivity contribution in [2.24, 2.45) is 5.92 Å². The van der Waals surface area contributed by atoms with E-state index in [9.17, 15) is 13.2 Å². The van der Waals surface area contributed by atoms with Gasteiger partial charge in [-0.2, -0.15) is 0 Å². The van der Waals surface area contributed by atoms with E-state index in [1.165, 1.54) is 10.6 Å². The highest BCUT2D eigenvalue weighted by Crippen LogP contribution is 2.21. The normalized spacial score (nSPS) is 18.3. The van der Waals surface area contributed by atoms with Gasteiger partial charge in [-0.05, 0) is 31.9 Å². The molecule has 1 aliphatic heterocycles. The molecule has 3 rings (SSSR count). The van der Waals surface area contributed by atoms with Crippen molar-refractivity contribution in [3.63, 3.8) is 0 Å². The van der Waals surface area contributed by atoms with Gasteiger partial charge < -0.3 is 9.73 Å². The minimum Gasteiger partial charge on any atom is -0.461 e. The van der Waals surface area contributed by atoms with Crippen LogP contribution in [0.25, 0.3) is 11.0 Å². The average Bonchev–Trinajstić information content (AvgIpc) is 2.96. The van der Waals surface area contributed by atoms with Gasteiger partial charge in [0.2, 0.25) is 15.9 Å². The first-order valence-electron chi connectivity index (χ1n) is 8.56. The van der Waals surface area contributed by atoms with Crippen LogP contribution in [0, 0.1) is 5.92 Å². The summed E-state index contributed by atoms with van der Waals surface area (Å²) in [6.07, 6.45) is 2.97. The lowest BCUT2D eigenvalue weighted by Crippen LogP contribution is -2.44. The Morgan fingerprint density at radius 1 is 1.32 bits per heavy atom. The number of para-hydroxylation sites is 1. The molecule has 0 unspecified atom stereocenters. The van der Waals surface area contributed by atoms with E-state index in [0.29, 0.717) is 32.4 Å². The third kappa shape index (κ3) is 4.41. The van der Waals surface area contributed by atoms with E-state index in [0.717, 1.165) is 16.7 Å². The summed E-state index contributed by atoms with van der Waals surface area (Å²) >= 11 is 0. The first kappa shape index (κ1) is 17.9. The van der Waals surface area contributed by atoms with Crippen molar-refractivity contribution in [3.05, 3.63) is 36.1 Å². The standard InChI is InChI=1S/C18H24N2O4S/c1-13(11-16-12-15-5-3-4-6-17(15)24-16)19-18(21)14-7-9-20(10-8-14)25(2,22)23/h3-6,12-14H,7-11H2,1-2H3,(H,19,21)/t13-/m1/s1. The maximum Gasteiger partial charge on any atom is 0.223 e. The van der Waals surface area contributed by atoms with Crippen LogP contribution in [0.1, 0.15) is 25.5 Å². The molecule has 0 aliphatic carbocycles. The summed E-state index contributed by atoms with van der Waals surface area (Å²) in [5.74, 6) is 0.716. The highest BCUT2D eigenvalue weighted by Gasteiger charge is 2.29. The van der Waals surface area contributed by atoms with E-state index in [1.54, 1.807) is 0 Å². The number of hydrogen-bond acceptors (Lipinski definition) is 4. The largest absolute Gasteiger partial charge is 0.461 e. The Morgan fingerprint density at radius 2 is 2.00 bits per heavy atom. The third-order valence-electron chi connectivity index (χ3n) is 4.67. The molecule has 7 heteroatoms. The first-order chi connectivity index (χ1) is 11.8. The maximum atomic E-state index is 12.4. The summed E-state index contributed by atoms with van der Waals surface area (Å²) in [6, 6.07) is 9.79. The molecule has 0 radical (unpaired) electrons. The molecule has 2 heterocycles. The third-order valence-corrected chi connectivity index (χ3v) is 5.97. The summed E-state index contributed by atoms with van der Waals surface area (Å²) in [6.45, 7) is 2.78. The number of carbonyl (C=O) groups is 1. The predicted octanol–water partition coefficient (Wildman–Crippen LogP) is 2.15. The summed E-state index contributed by atoms with van der Waals surface area (Å²) in [4.78, 5) is 12.4. The summed E-state index contributed by atoms with van der Waals surface area (Å²) in [7, 11) is -3.16. The van der Waals surface area contributed by atoms with E-state index in [4.69, 9.17) is 4.42 Å². The molecule has 1 atom stereocenters. The highest BCUT2D eigenvalue weighted by molar-refractivity contribution is 7.88. The number of fused-ring (bicyclic) bond motifs is 1. The fourth-order valence-corrected chi connectivity index (χ4v) is 4.17. The number of rotatable bonds is 5. The minimum absolute atomic E-state index is 0.00300. The van der Waals surface area contributed by atoms with Gasteiger partial charge in [0.05, 0.1) is 6.26 Å². The average molecular weight is 364 g/mol. The van der Waals surface area contributed by atoms with Crippen molar-refractivity contribution in [1.29, 1.82) is 0 Å². The molecule has 0 bridgehead atoms. The van der Waals surface area contributed by atoms with E-state index in [2.05, 4.69) is 5.32 Å². The van der Waals surface area contributed by atoms with Crippen LogP contribution in [0.4, 0.5) is 0 Å². The molecule has 0 saturated carbocycles. The van der Waals surface area contributed by atoms with Crippen molar-refractivity contribution in [1.82, 2.24) is 9.62 Å². The number of furan rings is 1. The Labute approximate surface area is 148 Å². The molecule has 1 fully saturated rings. The molecule has 25 heavy (non-hydrogen) atoms. The fraction of sp³-hybridized carbons (Fsp3) is 0.500. The van der Waals surface area contributed by atoms with Crippen molar-refractivity contribution in [2.75, 3.05) is 19.3 Å². The lowest BCUT2D eigenvalue weighted by Gasteiger charge is -2.30. The maximum absolute atomic E-state index is 12.4. The Hall–Kier alpha value is -1.86. The van der Waals surface area contributed by atoms with E-state index in [1.807, 2.05) is 37.3 Å². The molecule has 1 aromatic carbocycles. The van der Waals surface area contributed by atoms with Crippen molar-refractivity contribution in [2.45, 2.75) is 32.2 Å². The monoisotopic (exact) mass is 364 g/mol. The number of carbonyl (C=O) groups excluding carboxylic acids is 1. The van der Waals surface area contributed by atoms with Gasteiger partial charge in [-0.25, -0.2) is 12.7 Å². The number of piperidine rings is 1.